The van der Waals surface area contributed by atoms with Crippen LogP contribution in [0.4, 0.5) is 0 Å². The topological polar surface area (TPSA) is 33.7 Å². The van der Waals surface area contributed by atoms with E-state index in [0.717, 1.165) is 42.2 Å². The van der Waals surface area contributed by atoms with Crippen LogP contribution in [0.5, 0.6) is 11.5 Å². The molecule has 2 heterocycles. The molecule has 122 valence electrons. The van der Waals surface area contributed by atoms with Crippen molar-refractivity contribution >= 4 is 15.9 Å². The fraction of sp³-hybridized carbons (Fsp3) is 0.647. The maximum atomic E-state index is 5.58. The van der Waals surface area contributed by atoms with E-state index in [0.29, 0.717) is 12.8 Å². The van der Waals surface area contributed by atoms with Gasteiger partial charge in [0.2, 0.25) is 6.79 Å². The van der Waals surface area contributed by atoms with Crippen molar-refractivity contribution in [1.29, 1.82) is 0 Å². The maximum absolute atomic E-state index is 5.58. The van der Waals surface area contributed by atoms with E-state index in [1.165, 1.54) is 31.2 Å². The predicted molar refractivity (Wildman–Crippen MR) is 91.6 cm³/mol. The van der Waals surface area contributed by atoms with Crippen LogP contribution in [0.2, 0.25) is 0 Å². The Bertz CT molecular complexity index is 504. The summed E-state index contributed by atoms with van der Waals surface area (Å²) < 4.78 is 12.2. The molecule has 22 heavy (non-hydrogen) atoms. The molecule has 1 fully saturated rings. The molecular formula is C17H25BrN2O2. The largest absolute Gasteiger partial charge is 0.454 e. The lowest BCUT2D eigenvalue weighted by atomic mass is 9.97. The molecule has 1 saturated heterocycles. The van der Waals surface area contributed by atoms with Crippen LogP contribution in [0.3, 0.4) is 0 Å². The number of nitrogens with zero attached hydrogens (tertiary/aromatic N) is 1. The molecule has 0 saturated carbocycles. The second-order valence-corrected chi connectivity index (χ2v) is 6.88. The second-order valence-electron chi connectivity index (χ2n) is 6.02. The predicted octanol–water partition coefficient (Wildman–Crippen LogP) is 3.70. The molecule has 0 bridgehead atoms. The summed E-state index contributed by atoms with van der Waals surface area (Å²) >= 11 is 3.75. The molecule has 1 atom stereocenters. The standard InChI is InChI=1S/C17H25BrN2O2/c1-2-3-4-5-15(20-8-6-19-7-9-20)13-10-16-17(11-14(13)18)22-12-21-16/h10-11,15,19H,2-9,12H2,1H3/t15-/m0/s1. The molecule has 1 aromatic carbocycles. The van der Waals surface area contributed by atoms with Gasteiger partial charge in [0.15, 0.2) is 11.5 Å². The van der Waals surface area contributed by atoms with Gasteiger partial charge in [-0.2, -0.15) is 0 Å². The first-order valence-corrected chi connectivity index (χ1v) is 9.12. The normalized spacial score (nSPS) is 19.4. The Morgan fingerprint density at radius 3 is 2.64 bits per heavy atom. The lowest BCUT2D eigenvalue weighted by molar-refractivity contribution is 0.161. The molecule has 3 rings (SSSR count). The minimum absolute atomic E-state index is 0.333. The van der Waals surface area contributed by atoms with Gasteiger partial charge in [-0.1, -0.05) is 42.1 Å². The van der Waals surface area contributed by atoms with E-state index < -0.39 is 0 Å². The number of ether oxygens (including phenoxy) is 2. The third-order valence-electron chi connectivity index (χ3n) is 4.52. The van der Waals surface area contributed by atoms with Crippen LogP contribution < -0.4 is 14.8 Å². The summed E-state index contributed by atoms with van der Waals surface area (Å²) in [6.07, 6.45) is 5.03. The Morgan fingerprint density at radius 2 is 1.91 bits per heavy atom. The van der Waals surface area contributed by atoms with Gasteiger partial charge in [0, 0.05) is 36.7 Å². The van der Waals surface area contributed by atoms with Crippen LogP contribution in [-0.4, -0.2) is 37.9 Å². The summed E-state index contributed by atoms with van der Waals surface area (Å²) in [7, 11) is 0. The molecule has 0 aromatic heterocycles. The molecule has 2 aliphatic rings. The molecule has 0 aliphatic carbocycles. The Hall–Kier alpha value is -0.780. The van der Waals surface area contributed by atoms with Crippen LogP contribution in [0.25, 0.3) is 0 Å². The average molecular weight is 369 g/mol. The molecule has 4 nitrogen and oxygen atoms in total. The summed E-state index contributed by atoms with van der Waals surface area (Å²) in [6, 6.07) is 4.69. The van der Waals surface area contributed by atoms with E-state index in [-0.39, 0.29) is 0 Å². The number of unbranched alkanes of at least 4 members (excludes halogenated alkanes) is 2. The number of rotatable bonds is 6. The van der Waals surface area contributed by atoms with Crippen molar-refractivity contribution in [3.63, 3.8) is 0 Å². The highest BCUT2D eigenvalue weighted by molar-refractivity contribution is 9.10. The SMILES string of the molecule is CCCCC[C@@H](c1cc2c(cc1Br)OCO2)N1CCNCC1. The Labute approximate surface area is 141 Å². The highest BCUT2D eigenvalue weighted by atomic mass is 79.9. The highest BCUT2D eigenvalue weighted by Crippen LogP contribution is 2.41. The Balaban J connectivity index is 1.83. The molecule has 2 aliphatic heterocycles. The van der Waals surface area contributed by atoms with Crippen LogP contribution in [-0.2, 0) is 0 Å². The van der Waals surface area contributed by atoms with Gasteiger partial charge in [-0.3, -0.25) is 4.90 Å². The average Bonchev–Trinajstić information content (AvgIpc) is 2.99. The van der Waals surface area contributed by atoms with Gasteiger partial charge in [0.1, 0.15) is 0 Å². The van der Waals surface area contributed by atoms with E-state index >= 15 is 0 Å². The fourth-order valence-corrected chi connectivity index (χ4v) is 3.89. The van der Waals surface area contributed by atoms with Crippen molar-refractivity contribution in [3.8, 4) is 11.5 Å². The smallest absolute Gasteiger partial charge is 0.231 e. The second kappa shape index (κ2) is 7.66. The highest BCUT2D eigenvalue weighted by Gasteiger charge is 2.26. The van der Waals surface area contributed by atoms with Crippen molar-refractivity contribution in [2.24, 2.45) is 0 Å². The molecule has 1 N–H and O–H groups in total. The van der Waals surface area contributed by atoms with Crippen molar-refractivity contribution < 1.29 is 9.47 Å². The van der Waals surface area contributed by atoms with Gasteiger partial charge >= 0.3 is 0 Å². The first-order chi connectivity index (χ1) is 10.8. The zero-order chi connectivity index (χ0) is 15.4. The number of benzene rings is 1. The zero-order valence-corrected chi connectivity index (χ0v) is 14.8. The fourth-order valence-electron chi connectivity index (χ4n) is 3.30. The lowest BCUT2D eigenvalue weighted by Crippen LogP contribution is -2.45. The summed E-state index contributed by atoms with van der Waals surface area (Å²) in [5.41, 5.74) is 1.34. The number of piperazine rings is 1. The van der Waals surface area contributed by atoms with Crippen molar-refractivity contribution in [3.05, 3.63) is 22.2 Å². The number of fused-ring (bicyclic) bond motifs is 1. The van der Waals surface area contributed by atoms with Gasteiger partial charge in [-0.25, -0.2) is 0 Å². The molecule has 0 amide bonds. The summed E-state index contributed by atoms with van der Waals surface area (Å²) in [6.45, 7) is 6.96. The van der Waals surface area contributed by atoms with Crippen molar-refractivity contribution in [2.45, 2.75) is 38.6 Å². The third kappa shape index (κ3) is 3.58. The Morgan fingerprint density at radius 1 is 1.18 bits per heavy atom. The maximum Gasteiger partial charge on any atom is 0.231 e. The molecule has 1 aromatic rings. The van der Waals surface area contributed by atoms with Gasteiger partial charge in [0.25, 0.3) is 0 Å². The minimum atomic E-state index is 0.333. The molecule has 0 spiro atoms. The van der Waals surface area contributed by atoms with E-state index in [1.54, 1.807) is 0 Å². The van der Waals surface area contributed by atoms with Gasteiger partial charge in [-0.15, -0.1) is 0 Å². The quantitative estimate of drug-likeness (QED) is 0.776. The molecule has 0 radical (unpaired) electrons. The van der Waals surface area contributed by atoms with Gasteiger partial charge in [0.05, 0.1) is 0 Å². The van der Waals surface area contributed by atoms with Gasteiger partial charge in [-0.05, 0) is 24.1 Å². The van der Waals surface area contributed by atoms with E-state index in [2.05, 4.69) is 45.2 Å². The van der Waals surface area contributed by atoms with Crippen molar-refractivity contribution in [1.82, 2.24) is 10.2 Å². The zero-order valence-electron chi connectivity index (χ0n) is 13.2. The number of halogens is 1. The number of hydrogen-bond acceptors (Lipinski definition) is 4. The third-order valence-corrected chi connectivity index (χ3v) is 5.21. The first-order valence-electron chi connectivity index (χ1n) is 8.33. The molecular weight excluding hydrogens is 344 g/mol. The minimum Gasteiger partial charge on any atom is -0.454 e. The molecule has 5 heteroatoms. The van der Waals surface area contributed by atoms with Crippen LogP contribution in [0, 0.1) is 0 Å². The summed E-state index contributed by atoms with van der Waals surface area (Å²) in [4.78, 5) is 2.61. The summed E-state index contributed by atoms with van der Waals surface area (Å²) in [5, 5.41) is 3.45. The van der Waals surface area contributed by atoms with Crippen LogP contribution in [0.1, 0.15) is 44.2 Å². The number of nitrogens with one attached hydrogen (secondary N) is 1. The van der Waals surface area contributed by atoms with E-state index in [4.69, 9.17) is 9.47 Å². The molecule has 0 unspecified atom stereocenters. The summed E-state index contributed by atoms with van der Waals surface area (Å²) in [5.74, 6) is 1.73. The van der Waals surface area contributed by atoms with Gasteiger partial charge < -0.3 is 14.8 Å². The van der Waals surface area contributed by atoms with Crippen LogP contribution >= 0.6 is 15.9 Å². The lowest BCUT2D eigenvalue weighted by Gasteiger charge is -2.36. The first kappa shape index (κ1) is 16.1. The number of hydrogen-bond donors (Lipinski definition) is 1. The Kier molecular flexibility index (Phi) is 5.61. The van der Waals surface area contributed by atoms with E-state index in [1.807, 2.05) is 0 Å². The monoisotopic (exact) mass is 368 g/mol. The van der Waals surface area contributed by atoms with Crippen LogP contribution in [0.15, 0.2) is 16.6 Å². The van der Waals surface area contributed by atoms with E-state index in [9.17, 15) is 0 Å². The van der Waals surface area contributed by atoms with Crippen molar-refractivity contribution in [2.75, 3.05) is 33.0 Å².